The Balaban J connectivity index is 1.26. The molecular weight excluding hydrogens is 501 g/mol. The molecule has 1 aliphatic carbocycles. The van der Waals surface area contributed by atoms with E-state index >= 15 is 0 Å². The summed E-state index contributed by atoms with van der Waals surface area (Å²) in [6.07, 6.45) is 0.161. The van der Waals surface area contributed by atoms with Gasteiger partial charge in [0.2, 0.25) is 5.91 Å². The van der Waals surface area contributed by atoms with E-state index in [4.69, 9.17) is 0 Å². The second kappa shape index (κ2) is 9.00. The van der Waals surface area contributed by atoms with Crippen molar-refractivity contribution >= 4 is 27.8 Å². The number of para-hydroxylation sites is 1. The smallest absolute Gasteiger partial charge is 0.361 e. The summed E-state index contributed by atoms with van der Waals surface area (Å²) >= 11 is 0. The number of carbonyl (C=O) groups is 1. The van der Waals surface area contributed by atoms with Crippen molar-refractivity contribution < 1.29 is 18.0 Å². The third kappa shape index (κ3) is 4.37. The molecule has 1 amide bonds. The molecule has 3 aromatic carbocycles. The topological polar surface area (TPSA) is 53.9 Å². The third-order valence-electron chi connectivity index (χ3n) is 8.08. The van der Waals surface area contributed by atoms with Crippen LogP contribution in [0.4, 0.5) is 13.2 Å². The van der Waals surface area contributed by atoms with Gasteiger partial charge < -0.3 is 14.5 Å². The van der Waals surface area contributed by atoms with Crippen LogP contribution in [0.25, 0.3) is 44.5 Å². The van der Waals surface area contributed by atoms with Gasteiger partial charge in [0.1, 0.15) is 11.3 Å². The average molecular weight is 529 g/mol. The number of carbonyl (C=O) groups excluding carboxylic acids is 1. The van der Waals surface area contributed by atoms with Gasteiger partial charge in [-0.3, -0.25) is 4.79 Å². The van der Waals surface area contributed by atoms with Crippen LogP contribution in [0.5, 0.6) is 0 Å². The van der Waals surface area contributed by atoms with Crippen molar-refractivity contribution in [1.29, 1.82) is 0 Å². The van der Waals surface area contributed by atoms with Crippen LogP contribution in [0.15, 0.2) is 72.9 Å². The van der Waals surface area contributed by atoms with Gasteiger partial charge in [0.15, 0.2) is 0 Å². The van der Waals surface area contributed by atoms with E-state index in [0.29, 0.717) is 31.0 Å². The lowest BCUT2D eigenvalue weighted by molar-refractivity contribution is -0.136. The molecular formula is C31H27F3N4O. The number of halogens is 3. The molecule has 0 radical (unpaired) electrons. The zero-order valence-electron chi connectivity index (χ0n) is 21.2. The standard InChI is InChI=1S/C31H27F3N4O/c32-31(33,34)25-2-1-3-27-28(25)36-29(38(27)18-19-13-15-37(17-19)30(39)22-8-9-22)21-6-4-20(5-7-21)23-10-11-26-24(16-23)12-14-35-26/h1-7,10-12,14,16,19,22,35H,8-9,13,15,17-18H2/t19-/m1/s1. The molecule has 7 rings (SSSR count). The Morgan fingerprint density at radius 2 is 1.72 bits per heavy atom. The van der Waals surface area contributed by atoms with Crippen molar-refractivity contribution in [3.8, 4) is 22.5 Å². The van der Waals surface area contributed by atoms with Gasteiger partial charge in [0, 0.05) is 42.8 Å². The zero-order chi connectivity index (χ0) is 26.7. The predicted octanol–water partition coefficient (Wildman–Crippen LogP) is 7.13. The van der Waals surface area contributed by atoms with Crippen LogP contribution in [0.2, 0.25) is 0 Å². The molecule has 5 aromatic rings. The number of hydrogen-bond acceptors (Lipinski definition) is 2. The lowest BCUT2D eigenvalue weighted by atomic mass is 10.0. The van der Waals surface area contributed by atoms with E-state index in [0.717, 1.165) is 52.9 Å². The Morgan fingerprint density at radius 1 is 0.949 bits per heavy atom. The Morgan fingerprint density at radius 3 is 2.49 bits per heavy atom. The van der Waals surface area contributed by atoms with Crippen LogP contribution in [0.3, 0.4) is 0 Å². The third-order valence-corrected chi connectivity index (χ3v) is 8.08. The molecule has 8 heteroatoms. The summed E-state index contributed by atoms with van der Waals surface area (Å²) in [5.74, 6) is 1.06. The minimum absolute atomic E-state index is 0.0362. The van der Waals surface area contributed by atoms with Gasteiger partial charge in [0.25, 0.3) is 0 Å². The summed E-state index contributed by atoms with van der Waals surface area (Å²) in [5.41, 5.74) is 3.61. The highest BCUT2D eigenvalue weighted by Crippen LogP contribution is 2.38. The number of fused-ring (bicyclic) bond motifs is 2. The summed E-state index contributed by atoms with van der Waals surface area (Å²) in [5, 5.41) is 1.11. The highest BCUT2D eigenvalue weighted by atomic mass is 19.4. The van der Waals surface area contributed by atoms with E-state index < -0.39 is 11.7 Å². The Bertz CT molecular complexity index is 1690. The Kier molecular flexibility index (Phi) is 5.54. The first kappa shape index (κ1) is 24.0. The molecule has 0 unspecified atom stereocenters. The quantitative estimate of drug-likeness (QED) is 0.264. The molecule has 1 atom stereocenters. The number of likely N-dealkylation sites (tertiary alicyclic amines) is 1. The van der Waals surface area contributed by atoms with Crippen LogP contribution in [-0.4, -0.2) is 38.4 Å². The molecule has 3 heterocycles. The molecule has 39 heavy (non-hydrogen) atoms. The number of imidazole rings is 1. The average Bonchev–Trinajstić information content (AvgIpc) is 3.32. The fourth-order valence-electron chi connectivity index (χ4n) is 5.85. The number of H-pyrrole nitrogens is 1. The lowest BCUT2D eigenvalue weighted by Crippen LogP contribution is -2.30. The number of nitrogens with zero attached hydrogens (tertiary/aromatic N) is 3. The molecule has 1 saturated heterocycles. The van der Waals surface area contributed by atoms with Crippen molar-refractivity contribution in [2.45, 2.75) is 32.0 Å². The lowest BCUT2D eigenvalue weighted by Gasteiger charge is -2.18. The van der Waals surface area contributed by atoms with Crippen LogP contribution in [0, 0.1) is 11.8 Å². The van der Waals surface area contributed by atoms with E-state index in [2.05, 4.69) is 16.0 Å². The second-order valence-electron chi connectivity index (χ2n) is 10.8. The minimum atomic E-state index is -4.50. The number of amides is 1. The largest absolute Gasteiger partial charge is 0.418 e. The summed E-state index contributed by atoms with van der Waals surface area (Å²) in [4.78, 5) is 22.3. The maximum absolute atomic E-state index is 13.9. The summed E-state index contributed by atoms with van der Waals surface area (Å²) in [6, 6.07) is 20.3. The summed E-state index contributed by atoms with van der Waals surface area (Å²) in [7, 11) is 0. The van der Waals surface area contributed by atoms with Gasteiger partial charge in [-0.2, -0.15) is 13.2 Å². The highest BCUT2D eigenvalue weighted by Gasteiger charge is 2.38. The van der Waals surface area contributed by atoms with Crippen molar-refractivity contribution in [3.63, 3.8) is 0 Å². The number of aromatic amines is 1. The van der Waals surface area contributed by atoms with Gasteiger partial charge in [-0.05, 0) is 72.0 Å². The second-order valence-corrected chi connectivity index (χ2v) is 10.8. The fourth-order valence-corrected chi connectivity index (χ4v) is 5.85. The van der Waals surface area contributed by atoms with Crippen molar-refractivity contribution in [2.75, 3.05) is 13.1 Å². The first-order valence-electron chi connectivity index (χ1n) is 13.4. The maximum atomic E-state index is 13.9. The molecule has 1 aliphatic heterocycles. The van der Waals surface area contributed by atoms with E-state index in [1.807, 2.05) is 58.1 Å². The van der Waals surface area contributed by atoms with E-state index in [-0.39, 0.29) is 23.3 Å². The minimum Gasteiger partial charge on any atom is -0.361 e. The van der Waals surface area contributed by atoms with E-state index in [1.165, 1.54) is 6.07 Å². The summed E-state index contributed by atoms with van der Waals surface area (Å²) < 4.78 is 43.7. The Hall–Kier alpha value is -4.07. The highest BCUT2D eigenvalue weighted by molar-refractivity contribution is 5.87. The van der Waals surface area contributed by atoms with Crippen molar-refractivity contribution in [2.24, 2.45) is 11.8 Å². The molecule has 198 valence electrons. The molecule has 5 nitrogen and oxygen atoms in total. The molecule has 0 bridgehead atoms. The predicted molar refractivity (Wildman–Crippen MR) is 145 cm³/mol. The first-order chi connectivity index (χ1) is 18.8. The summed E-state index contributed by atoms with van der Waals surface area (Å²) in [6.45, 7) is 1.84. The molecule has 2 aliphatic rings. The molecule has 1 N–H and O–H groups in total. The molecule has 2 fully saturated rings. The monoisotopic (exact) mass is 528 g/mol. The Labute approximate surface area is 223 Å². The number of rotatable bonds is 5. The molecule has 2 aromatic heterocycles. The number of aromatic nitrogens is 3. The number of benzene rings is 3. The first-order valence-corrected chi connectivity index (χ1v) is 13.4. The van der Waals surface area contributed by atoms with Crippen LogP contribution >= 0.6 is 0 Å². The molecule has 1 saturated carbocycles. The van der Waals surface area contributed by atoms with Gasteiger partial charge in [0.05, 0.1) is 11.1 Å². The number of alkyl halides is 3. The van der Waals surface area contributed by atoms with E-state index in [1.54, 1.807) is 6.07 Å². The fraction of sp³-hybridized carbons (Fsp3) is 0.290. The number of nitrogens with one attached hydrogen (secondary N) is 1. The van der Waals surface area contributed by atoms with Gasteiger partial charge in [-0.1, -0.05) is 36.4 Å². The SMILES string of the molecule is O=C(C1CC1)N1CC[C@@H](Cn2c(-c3ccc(-c4ccc5[nH]ccc5c4)cc3)nc3c(C(F)(F)F)cccc32)C1. The zero-order valence-corrected chi connectivity index (χ0v) is 21.2. The van der Waals surface area contributed by atoms with Crippen LogP contribution < -0.4 is 0 Å². The van der Waals surface area contributed by atoms with Gasteiger partial charge >= 0.3 is 6.18 Å². The molecule has 0 spiro atoms. The van der Waals surface area contributed by atoms with Crippen molar-refractivity contribution in [1.82, 2.24) is 19.4 Å². The maximum Gasteiger partial charge on any atom is 0.418 e. The van der Waals surface area contributed by atoms with Crippen molar-refractivity contribution in [3.05, 3.63) is 78.5 Å². The number of hydrogen-bond donors (Lipinski definition) is 1. The van der Waals surface area contributed by atoms with Crippen LogP contribution in [0.1, 0.15) is 24.8 Å². The normalized spacial score (nSPS) is 17.9. The van der Waals surface area contributed by atoms with Gasteiger partial charge in [-0.15, -0.1) is 0 Å². The van der Waals surface area contributed by atoms with E-state index in [9.17, 15) is 18.0 Å². The van der Waals surface area contributed by atoms with Gasteiger partial charge in [-0.25, -0.2) is 4.98 Å². The van der Waals surface area contributed by atoms with Crippen LogP contribution in [-0.2, 0) is 17.5 Å².